The highest BCUT2D eigenvalue weighted by Crippen LogP contribution is 2.43. The third-order valence-corrected chi connectivity index (χ3v) is 8.84. The van der Waals surface area contributed by atoms with E-state index in [2.05, 4.69) is 60.1 Å². The largest absolute Gasteiger partial charge is 0.480 e. The van der Waals surface area contributed by atoms with Crippen molar-refractivity contribution in [3.05, 3.63) is 122 Å². The number of carboxylic acids is 1. The summed E-state index contributed by atoms with van der Waals surface area (Å²) in [7, 11) is -4.78. The van der Waals surface area contributed by atoms with Crippen LogP contribution in [0.4, 0.5) is 0 Å². The first-order valence-corrected chi connectivity index (χ1v) is 22.3. The van der Waals surface area contributed by atoms with E-state index < -0.39 is 69.9 Å². The number of carbonyl (C=O) groups excluding carboxylic acids is 2. The maximum atomic E-state index is 12.6. The number of allylic oxidation sites excluding steroid dienone is 16. The number of carboxylic acid groups (broad SMARTS) is 1. The molecule has 0 radical (unpaired) electrons. The predicted molar refractivity (Wildman–Crippen MR) is 238 cm³/mol. The summed E-state index contributed by atoms with van der Waals surface area (Å²) in [6.07, 6.45) is 44.9. The van der Waals surface area contributed by atoms with Crippen molar-refractivity contribution in [1.82, 2.24) is 0 Å². The fourth-order valence-corrected chi connectivity index (χ4v) is 5.38. The Morgan fingerprint density at radius 2 is 1.08 bits per heavy atom. The molecule has 0 amide bonds. The van der Waals surface area contributed by atoms with Gasteiger partial charge in [0.05, 0.1) is 25.4 Å². The van der Waals surface area contributed by atoms with Gasteiger partial charge in [-0.25, -0.2) is 4.57 Å². The Labute approximate surface area is 357 Å². The number of rotatable bonds is 36. The van der Waals surface area contributed by atoms with Crippen molar-refractivity contribution in [3.8, 4) is 0 Å². The fraction of sp³-hybridized carbons (Fsp3) is 0.500. The molecule has 1 unspecified atom stereocenters. The van der Waals surface area contributed by atoms with E-state index >= 15 is 0 Å². The molecule has 0 saturated carbocycles. The van der Waals surface area contributed by atoms with E-state index in [-0.39, 0.29) is 12.8 Å². The lowest BCUT2D eigenvalue weighted by atomic mass is 10.2. The van der Waals surface area contributed by atoms with Gasteiger partial charge in [0.15, 0.2) is 6.10 Å². The van der Waals surface area contributed by atoms with Crippen molar-refractivity contribution in [3.63, 3.8) is 0 Å². The lowest BCUT2D eigenvalue weighted by Gasteiger charge is -2.20. The fourth-order valence-electron chi connectivity index (χ4n) is 4.61. The van der Waals surface area contributed by atoms with E-state index in [0.717, 1.165) is 44.9 Å². The maximum Gasteiger partial charge on any atom is 0.472 e. The normalized spacial score (nSPS) is 16.0. The van der Waals surface area contributed by atoms with Crippen molar-refractivity contribution in [2.24, 2.45) is 5.73 Å². The van der Waals surface area contributed by atoms with Crippen molar-refractivity contribution >= 4 is 25.7 Å². The molecule has 0 aromatic rings. The van der Waals surface area contributed by atoms with Gasteiger partial charge in [-0.2, -0.15) is 0 Å². The number of aliphatic hydroxyl groups excluding tert-OH is 2. The summed E-state index contributed by atoms with van der Waals surface area (Å²) >= 11 is 0. The summed E-state index contributed by atoms with van der Waals surface area (Å²) in [5.74, 6) is -2.65. The van der Waals surface area contributed by atoms with Crippen molar-refractivity contribution < 1.29 is 57.7 Å². The number of esters is 2. The zero-order chi connectivity index (χ0) is 44.5. The second kappa shape index (κ2) is 39.0. The lowest BCUT2D eigenvalue weighted by Crippen LogP contribution is -2.34. The zero-order valence-corrected chi connectivity index (χ0v) is 36.4. The number of phosphoric acid groups is 1. The van der Waals surface area contributed by atoms with Crippen LogP contribution in [-0.2, 0) is 37.5 Å². The van der Waals surface area contributed by atoms with Gasteiger partial charge >= 0.3 is 25.7 Å². The molecule has 0 aromatic heterocycles. The Morgan fingerprint density at radius 3 is 1.65 bits per heavy atom. The first-order chi connectivity index (χ1) is 28.9. The molecule has 0 aliphatic rings. The van der Waals surface area contributed by atoms with Gasteiger partial charge in [0.25, 0.3) is 0 Å². The van der Waals surface area contributed by atoms with Gasteiger partial charge in [-0.15, -0.1) is 0 Å². The molecular formula is C46H70NO12P. The van der Waals surface area contributed by atoms with Crippen LogP contribution in [0.15, 0.2) is 122 Å². The van der Waals surface area contributed by atoms with Gasteiger partial charge in [-0.3, -0.25) is 23.4 Å². The molecule has 0 heterocycles. The average molecular weight is 860 g/mol. The number of aliphatic carboxylic acids is 1. The summed E-state index contributed by atoms with van der Waals surface area (Å²) in [5.41, 5.74) is 5.31. The molecule has 60 heavy (non-hydrogen) atoms. The molecule has 13 nitrogen and oxygen atoms in total. The monoisotopic (exact) mass is 859 g/mol. The first-order valence-electron chi connectivity index (χ1n) is 20.8. The lowest BCUT2D eigenvalue weighted by molar-refractivity contribution is -0.161. The molecule has 0 aliphatic heterocycles. The molecule has 6 N–H and O–H groups in total. The Hall–Kier alpha value is -4.20. The van der Waals surface area contributed by atoms with Crippen LogP contribution >= 0.6 is 7.82 Å². The number of unbranched alkanes of at least 4 members (excludes halogenated alkanes) is 2. The van der Waals surface area contributed by atoms with E-state index in [1.807, 2.05) is 37.3 Å². The van der Waals surface area contributed by atoms with Crippen LogP contribution in [0.3, 0.4) is 0 Å². The second-order valence-corrected chi connectivity index (χ2v) is 14.9. The Morgan fingerprint density at radius 1 is 0.600 bits per heavy atom. The summed E-state index contributed by atoms with van der Waals surface area (Å²) in [5, 5.41) is 28.8. The maximum absolute atomic E-state index is 12.6. The van der Waals surface area contributed by atoms with Gasteiger partial charge in [-0.1, -0.05) is 135 Å². The Kier molecular flexibility index (Phi) is 36.2. The minimum absolute atomic E-state index is 0.0379. The minimum atomic E-state index is -4.78. The molecule has 0 aromatic carbocycles. The summed E-state index contributed by atoms with van der Waals surface area (Å²) in [6, 6.07) is -1.56. The Balaban J connectivity index is 4.73. The van der Waals surface area contributed by atoms with E-state index in [1.54, 1.807) is 42.5 Å². The van der Waals surface area contributed by atoms with E-state index in [0.29, 0.717) is 32.1 Å². The van der Waals surface area contributed by atoms with Crippen LogP contribution in [0, 0.1) is 0 Å². The molecule has 0 saturated heterocycles. The average Bonchev–Trinajstić information content (AvgIpc) is 3.21. The SMILES string of the molecule is CC/C=C\C/C=C\C/C=C\C/C=C\CCCCC(=O)OC[C@H](COP(=O)(O)OC[C@H](N)C(=O)O)OC(=O)CC/C=C\C/C=C\C[C@@H](O)/C=C/C=C\C=C\[C@@H](O)C/C=C\CC. The number of carbonyl (C=O) groups is 3. The van der Waals surface area contributed by atoms with E-state index in [4.69, 9.17) is 24.8 Å². The second-order valence-electron chi connectivity index (χ2n) is 13.4. The number of hydrogen-bond acceptors (Lipinski definition) is 11. The van der Waals surface area contributed by atoms with Gasteiger partial charge in [0, 0.05) is 12.8 Å². The third kappa shape index (κ3) is 38.0. The molecule has 0 rings (SSSR count). The predicted octanol–water partition coefficient (Wildman–Crippen LogP) is 8.77. The molecular weight excluding hydrogens is 789 g/mol. The standard InChI is InChI=1S/C46H70NO12P/c1-3-5-7-8-9-10-11-12-13-14-15-16-17-21-29-35-44(50)56-37-42(38-57-60(54,55)58-39-43(47)46(52)53)59-45(51)36-30-22-19-18-20-26-32-41(49)34-28-24-23-27-33-40(48)31-25-6-4-2/h5-7,9-10,12-13,15-16,19-20,22-28,33-34,40-43,48-49H,3-4,8,11,14,17-18,21,29-32,35-39,47H2,1-2H3,(H,52,53)(H,54,55)/b7-5-,10-9-,13-12-,16-15-,22-19-,24-23-,25-6-,26-20-,33-27+,34-28+/t40-,41+,42+,43-/m0/s1. The van der Waals surface area contributed by atoms with Crippen LogP contribution < -0.4 is 5.73 Å². The van der Waals surface area contributed by atoms with Crippen LogP contribution in [0.25, 0.3) is 0 Å². The molecule has 14 heteroatoms. The zero-order valence-electron chi connectivity index (χ0n) is 35.5. The summed E-state index contributed by atoms with van der Waals surface area (Å²) in [4.78, 5) is 45.9. The highest BCUT2D eigenvalue weighted by Gasteiger charge is 2.28. The molecule has 0 bridgehead atoms. The van der Waals surface area contributed by atoms with Crippen LogP contribution in [0.1, 0.15) is 104 Å². The minimum Gasteiger partial charge on any atom is -0.480 e. The van der Waals surface area contributed by atoms with Crippen molar-refractivity contribution in [2.45, 2.75) is 128 Å². The quantitative estimate of drug-likeness (QED) is 0.0131. The van der Waals surface area contributed by atoms with Crippen LogP contribution in [0.5, 0.6) is 0 Å². The van der Waals surface area contributed by atoms with Crippen molar-refractivity contribution in [2.75, 3.05) is 19.8 Å². The first kappa shape index (κ1) is 55.8. The van der Waals surface area contributed by atoms with Gasteiger partial charge < -0.3 is 35.4 Å². The van der Waals surface area contributed by atoms with Crippen LogP contribution in [0.2, 0.25) is 0 Å². The third-order valence-electron chi connectivity index (χ3n) is 7.88. The van der Waals surface area contributed by atoms with Gasteiger partial charge in [0.2, 0.25) is 0 Å². The van der Waals surface area contributed by atoms with Gasteiger partial charge in [0.1, 0.15) is 12.6 Å². The number of nitrogens with two attached hydrogens (primary N) is 1. The number of aliphatic hydroxyl groups is 2. The number of ether oxygens (including phenoxy) is 2. The summed E-state index contributed by atoms with van der Waals surface area (Å²) in [6.45, 7) is 2.24. The molecule has 0 fully saturated rings. The smallest absolute Gasteiger partial charge is 0.472 e. The number of hydrogen-bond donors (Lipinski definition) is 5. The Bertz CT molecular complexity index is 1510. The van der Waals surface area contributed by atoms with E-state index in [1.165, 1.54) is 0 Å². The topological polar surface area (TPSA) is 212 Å². The molecule has 336 valence electrons. The van der Waals surface area contributed by atoms with Gasteiger partial charge in [-0.05, 0) is 77.0 Å². The summed E-state index contributed by atoms with van der Waals surface area (Å²) < 4.78 is 32.4. The molecule has 5 atom stereocenters. The van der Waals surface area contributed by atoms with E-state index in [9.17, 15) is 34.1 Å². The highest BCUT2D eigenvalue weighted by atomic mass is 31.2. The molecule has 0 spiro atoms. The number of phosphoric ester groups is 1. The van der Waals surface area contributed by atoms with Crippen LogP contribution in [-0.4, -0.2) is 82.3 Å². The van der Waals surface area contributed by atoms with Crippen molar-refractivity contribution in [1.29, 1.82) is 0 Å². The molecule has 0 aliphatic carbocycles. The highest BCUT2D eigenvalue weighted by molar-refractivity contribution is 7.47.